The van der Waals surface area contributed by atoms with Gasteiger partial charge in [-0.15, -0.1) is 0 Å². The molecule has 0 saturated heterocycles. The lowest BCUT2D eigenvalue weighted by Gasteiger charge is -2.30. The summed E-state index contributed by atoms with van der Waals surface area (Å²) in [6.07, 6.45) is 0. The molecule has 9 heteroatoms. The van der Waals surface area contributed by atoms with Gasteiger partial charge in [-0.1, -0.05) is 30.3 Å². The number of nitro groups is 1. The molecule has 0 spiro atoms. The van der Waals surface area contributed by atoms with Crippen molar-refractivity contribution < 1.29 is 23.2 Å². The molecule has 0 aromatic heterocycles. The Kier molecular flexibility index (Phi) is 5.31. The highest BCUT2D eigenvalue weighted by Gasteiger charge is 2.38. The zero-order valence-electron chi connectivity index (χ0n) is 14.4. The van der Waals surface area contributed by atoms with Crippen molar-refractivity contribution in [3.63, 3.8) is 0 Å². The Morgan fingerprint density at radius 2 is 1.65 bits per heavy atom. The van der Waals surface area contributed by atoms with E-state index in [1.807, 2.05) is 0 Å². The molecule has 138 valence electrons. The third-order valence-electron chi connectivity index (χ3n) is 3.97. The molecule has 0 heterocycles. The van der Waals surface area contributed by atoms with Crippen LogP contribution >= 0.6 is 0 Å². The summed E-state index contributed by atoms with van der Waals surface area (Å²) in [6, 6.07) is 8.44. The van der Waals surface area contributed by atoms with Crippen LogP contribution < -0.4 is 4.31 Å². The van der Waals surface area contributed by atoms with E-state index in [-0.39, 0.29) is 5.69 Å². The molecule has 0 radical (unpaired) electrons. The second kappa shape index (κ2) is 7.12. The van der Waals surface area contributed by atoms with Gasteiger partial charge in [0.05, 0.1) is 10.6 Å². The second-order valence-electron chi connectivity index (χ2n) is 5.78. The van der Waals surface area contributed by atoms with Crippen molar-refractivity contribution in [1.29, 1.82) is 0 Å². The molecule has 1 N–H and O–H groups in total. The van der Waals surface area contributed by atoms with E-state index < -0.39 is 37.5 Å². The van der Waals surface area contributed by atoms with Gasteiger partial charge in [-0.05, 0) is 38.0 Å². The van der Waals surface area contributed by atoms with E-state index in [1.165, 1.54) is 19.1 Å². The molecule has 26 heavy (non-hydrogen) atoms. The number of anilines is 1. The van der Waals surface area contributed by atoms with Crippen LogP contribution in [-0.4, -0.2) is 30.5 Å². The van der Waals surface area contributed by atoms with E-state index in [2.05, 4.69) is 0 Å². The summed E-state index contributed by atoms with van der Waals surface area (Å²) in [5.74, 6) is -1.37. The van der Waals surface area contributed by atoms with Crippen LogP contribution in [0.15, 0.2) is 47.4 Å². The van der Waals surface area contributed by atoms with Crippen molar-refractivity contribution >= 4 is 27.4 Å². The van der Waals surface area contributed by atoms with Gasteiger partial charge in [0.2, 0.25) is 0 Å². The van der Waals surface area contributed by atoms with Gasteiger partial charge in [0.1, 0.15) is 6.04 Å². The van der Waals surface area contributed by atoms with E-state index >= 15 is 0 Å². The number of benzene rings is 2. The van der Waals surface area contributed by atoms with Crippen LogP contribution in [0.3, 0.4) is 0 Å². The Morgan fingerprint density at radius 3 is 2.15 bits per heavy atom. The predicted molar refractivity (Wildman–Crippen MR) is 95.8 cm³/mol. The van der Waals surface area contributed by atoms with Gasteiger partial charge in [-0.2, -0.15) is 0 Å². The van der Waals surface area contributed by atoms with Crippen LogP contribution in [0.4, 0.5) is 11.4 Å². The lowest BCUT2D eigenvalue weighted by atomic mass is 10.1. The molecular weight excluding hydrogens is 360 g/mol. The van der Waals surface area contributed by atoms with Crippen LogP contribution in [0.2, 0.25) is 0 Å². The third-order valence-corrected chi connectivity index (χ3v) is 5.89. The van der Waals surface area contributed by atoms with Gasteiger partial charge < -0.3 is 5.11 Å². The molecule has 1 unspecified atom stereocenters. The first-order chi connectivity index (χ1) is 12.1. The SMILES string of the molecule is Cc1cccc(C)c1N(C(C)C(=O)O)S(=O)(=O)c1ccccc1[N+](=O)[O-]. The van der Waals surface area contributed by atoms with Crippen molar-refractivity contribution in [3.8, 4) is 0 Å². The third kappa shape index (κ3) is 3.38. The standard InChI is InChI=1S/C17H18N2O6S/c1-11-7-6-8-12(2)16(11)18(13(3)17(20)21)26(24,25)15-10-5-4-9-14(15)19(22)23/h4-10,13H,1-3H3,(H,20,21). The number of carboxylic acids is 1. The van der Waals surface area contributed by atoms with E-state index in [1.54, 1.807) is 32.0 Å². The molecule has 2 aromatic carbocycles. The number of sulfonamides is 1. The van der Waals surface area contributed by atoms with Crippen LogP contribution in [0, 0.1) is 24.0 Å². The van der Waals surface area contributed by atoms with Gasteiger partial charge in [-0.3, -0.25) is 14.4 Å². The fourth-order valence-electron chi connectivity index (χ4n) is 2.71. The fraction of sp³-hybridized carbons (Fsp3) is 0.235. The topological polar surface area (TPSA) is 118 Å². The number of nitrogens with zero attached hydrogens (tertiary/aromatic N) is 2. The lowest BCUT2D eigenvalue weighted by molar-refractivity contribution is -0.387. The van der Waals surface area contributed by atoms with Crippen molar-refractivity contribution in [2.45, 2.75) is 31.7 Å². The first kappa shape index (κ1) is 19.4. The summed E-state index contributed by atoms with van der Waals surface area (Å²) in [6.45, 7) is 4.53. The Labute approximate surface area is 150 Å². The Bertz CT molecular complexity index is 951. The highest BCUT2D eigenvalue weighted by Crippen LogP contribution is 2.35. The number of para-hydroxylation sites is 2. The fourth-order valence-corrected chi connectivity index (χ4v) is 4.61. The number of rotatable bonds is 6. The van der Waals surface area contributed by atoms with Gasteiger partial charge in [0.25, 0.3) is 15.7 Å². The Hall–Kier alpha value is -2.94. The highest BCUT2D eigenvalue weighted by molar-refractivity contribution is 7.93. The van der Waals surface area contributed by atoms with Gasteiger partial charge in [0, 0.05) is 6.07 Å². The number of carboxylic acid groups (broad SMARTS) is 1. The van der Waals surface area contributed by atoms with E-state index in [4.69, 9.17) is 0 Å². The number of nitro benzene ring substituents is 1. The summed E-state index contributed by atoms with van der Waals surface area (Å²) in [7, 11) is -4.51. The first-order valence-corrected chi connectivity index (χ1v) is 9.10. The monoisotopic (exact) mass is 378 g/mol. The minimum atomic E-state index is -4.51. The zero-order chi connectivity index (χ0) is 19.6. The molecule has 1 atom stereocenters. The van der Waals surface area contributed by atoms with Gasteiger partial charge in [-0.25, -0.2) is 13.2 Å². The maximum absolute atomic E-state index is 13.3. The highest BCUT2D eigenvalue weighted by atomic mass is 32.2. The molecule has 0 amide bonds. The van der Waals surface area contributed by atoms with E-state index in [9.17, 15) is 28.4 Å². The van der Waals surface area contributed by atoms with Crippen LogP contribution in [0.25, 0.3) is 0 Å². The molecule has 0 fully saturated rings. The summed E-state index contributed by atoms with van der Waals surface area (Å²) in [4.78, 5) is 21.5. The summed E-state index contributed by atoms with van der Waals surface area (Å²) in [5.41, 5.74) is 0.669. The molecule has 0 aliphatic carbocycles. The normalized spacial score (nSPS) is 12.4. The van der Waals surface area contributed by atoms with Crippen molar-refractivity contribution in [2.24, 2.45) is 0 Å². The van der Waals surface area contributed by atoms with E-state index in [0.717, 1.165) is 16.4 Å². The number of aliphatic carboxylic acids is 1. The average molecular weight is 378 g/mol. The largest absolute Gasteiger partial charge is 0.480 e. The van der Waals surface area contributed by atoms with E-state index in [0.29, 0.717) is 11.1 Å². The smallest absolute Gasteiger partial charge is 0.327 e. The number of hydrogen-bond donors (Lipinski definition) is 1. The van der Waals surface area contributed by atoms with Crippen molar-refractivity contribution in [1.82, 2.24) is 0 Å². The zero-order valence-corrected chi connectivity index (χ0v) is 15.2. The molecule has 8 nitrogen and oxygen atoms in total. The molecule has 0 saturated carbocycles. The number of aryl methyl sites for hydroxylation is 2. The quantitative estimate of drug-likeness (QED) is 0.610. The molecule has 0 aliphatic rings. The average Bonchev–Trinajstić information content (AvgIpc) is 2.57. The molecule has 2 aromatic rings. The Balaban J connectivity index is 2.83. The maximum Gasteiger partial charge on any atom is 0.327 e. The summed E-state index contributed by atoms with van der Waals surface area (Å²) >= 11 is 0. The summed E-state index contributed by atoms with van der Waals surface area (Å²) < 4.78 is 27.3. The minimum absolute atomic E-state index is 0.195. The second-order valence-corrected chi connectivity index (χ2v) is 7.56. The van der Waals surface area contributed by atoms with Crippen LogP contribution in [0.1, 0.15) is 18.1 Å². The maximum atomic E-state index is 13.3. The van der Waals surface area contributed by atoms with Crippen molar-refractivity contribution in [2.75, 3.05) is 4.31 Å². The Morgan fingerprint density at radius 1 is 1.12 bits per heavy atom. The number of carbonyl (C=O) groups is 1. The minimum Gasteiger partial charge on any atom is -0.480 e. The molecule has 0 bridgehead atoms. The molecule has 0 aliphatic heterocycles. The first-order valence-electron chi connectivity index (χ1n) is 7.66. The lowest BCUT2D eigenvalue weighted by Crippen LogP contribution is -2.44. The predicted octanol–water partition coefficient (Wildman–Crippen LogP) is 2.88. The number of hydrogen-bond acceptors (Lipinski definition) is 5. The van der Waals surface area contributed by atoms with Crippen LogP contribution in [-0.2, 0) is 14.8 Å². The van der Waals surface area contributed by atoms with Crippen LogP contribution in [0.5, 0.6) is 0 Å². The van der Waals surface area contributed by atoms with Crippen molar-refractivity contribution in [3.05, 3.63) is 63.7 Å². The van der Waals surface area contributed by atoms with Gasteiger partial charge in [0.15, 0.2) is 4.90 Å². The molecular formula is C17H18N2O6S. The molecule has 2 rings (SSSR count). The van der Waals surface area contributed by atoms with Gasteiger partial charge >= 0.3 is 5.97 Å². The summed E-state index contributed by atoms with van der Waals surface area (Å²) in [5, 5.41) is 20.7.